The molecule has 0 aliphatic rings. The summed E-state index contributed by atoms with van der Waals surface area (Å²) in [4.78, 5) is 13.1. The number of carbonyl (C=O) groups is 1. The zero-order valence-electron chi connectivity index (χ0n) is 10.1. The number of aliphatic carboxylic acids is 1. The molecule has 4 nitrogen and oxygen atoms in total. The molecule has 15 heavy (non-hydrogen) atoms. The third kappa shape index (κ3) is 6.47. The lowest BCUT2D eigenvalue weighted by molar-refractivity contribution is -0.139. The van der Waals surface area contributed by atoms with E-state index in [-0.39, 0.29) is 6.04 Å². The van der Waals surface area contributed by atoms with Crippen molar-refractivity contribution in [3.8, 4) is 0 Å². The van der Waals surface area contributed by atoms with Crippen LogP contribution in [0.1, 0.15) is 33.6 Å². The molecule has 90 valence electrons. The van der Waals surface area contributed by atoms with E-state index in [2.05, 4.69) is 24.1 Å². The summed E-state index contributed by atoms with van der Waals surface area (Å²) in [6.07, 6.45) is 1.60. The highest BCUT2D eigenvalue weighted by molar-refractivity contribution is 5.73. The van der Waals surface area contributed by atoms with Gasteiger partial charge in [-0.1, -0.05) is 27.2 Å². The quantitative estimate of drug-likeness (QED) is 0.607. The molecule has 0 bridgehead atoms. The Morgan fingerprint density at radius 1 is 1.33 bits per heavy atom. The summed E-state index contributed by atoms with van der Waals surface area (Å²) in [6, 6.07) is -0.384. The second-order valence-electron chi connectivity index (χ2n) is 3.66. The Bertz CT molecular complexity index is 170. The number of hydrogen-bond donors (Lipinski definition) is 2. The van der Waals surface area contributed by atoms with Crippen molar-refractivity contribution in [1.82, 2.24) is 10.2 Å². The molecule has 0 amide bonds. The van der Waals surface area contributed by atoms with Crippen LogP contribution in [0.2, 0.25) is 0 Å². The molecule has 0 rings (SSSR count). The van der Waals surface area contributed by atoms with Crippen molar-refractivity contribution in [2.75, 3.05) is 26.2 Å². The summed E-state index contributed by atoms with van der Waals surface area (Å²) in [5.41, 5.74) is 0. The second kappa shape index (κ2) is 8.68. The molecule has 0 aromatic heterocycles. The van der Waals surface area contributed by atoms with E-state index < -0.39 is 5.97 Å². The van der Waals surface area contributed by atoms with Gasteiger partial charge in [-0.15, -0.1) is 0 Å². The standard InChI is InChI=1S/C11H24N2O2/c1-4-7-10(11(14)15)12-8-9-13(5-2)6-3/h10,12H,4-9H2,1-3H3,(H,14,15). The van der Waals surface area contributed by atoms with Crippen molar-refractivity contribution in [2.45, 2.75) is 39.7 Å². The fourth-order valence-corrected chi connectivity index (χ4v) is 1.54. The minimum absolute atomic E-state index is 0.384. The average Bonchev–Trinajstić information content (AvgIpc) is 2.22. The van der Waals surface area contributed by atoms with Crippen molar-refractivity contribution < 1.29 is 9.90 Å². The molecule has 0 aromatic rings. The van der Waals surface area contributed by atoms with Gasteiger partial charge in [0.05, 0.1) is 0 Å². The Kier molecular flexibility index (Phi) is 8.33. The molecular formula is C11H24N2O2. The SMILES string of the molecule is CCCC(NCCN(CC)CC)C(=O)O. The van der Waals surface area contributed by atoms with Gasteiger partial charge in [0.15, 0.2) is 0 Å². The van der Waals surface area contributed by atoms with Gasteiger partial charge in [0.2, 0.25) is 0 Å². The van der Waals surface area contributed by atoms with Gasteiger partial charge in [0.25, 0.3) is 0 Å². The Morgan fingerprint density at radius 3 is 2.33 bits per heavy atom. The number of likely N-dealkylation sites (N-methyl/N-ethyl adjacent to an activating group) is 1. The van der Waals surface area contributed by atoms with Crippen LogP contribution in [0.25, 0.3) is 0 Å². The lowest BCUT2D eigenvalue weighted by atomic mass is 10.2. The monoisotopic (exact) mass is 216 g/mol. The molecule has 0 saturated carbocycles. The van der Waals surface area contributed by atoms with Crippen LogP contribution in [0.15, 0.2) is 0 Å². The summed E-state index contributed by atoms with van der Waals surface area (Å²) in [6.45, 7) is 9.93. The maximum Gasteiger partial charge on any atom is 0.320 e. The van der Waals surface area contributed by atoms with E-state index in [1.54, 1.807) is 0 Å². The van der Waals surface area contributed by atoms with E-state index in [0.717, 1.165) is 32.6 Å². The molecule has 2 N–H and O–H groups in total. The first kappa shape index (κ1) is 14.4. The van der Waals surface area contributed by atoms with Crippen LogP contribution in [0.4, 0.5) is 0 Å². The normalized spacial score (nSPS) is 13.1. The summed E-state index contributed by atoms with van der Waals surface area (Å²) >= 11 is 0. The topological polar surface area (TPSA) is 52.6 Å². The number of hydrogen-bond acceptors (Lipinski definition) is 3. The molecule has 0 aromatic carbocycles. The fourth-order valence-electron chi connectivity index (χ4n) is 1.54. The molecule has 4 heteroatoms. The van der Waals surface area contributed by atoms with Crippen LogP contribution in [-0.4, -0.2) is 48.2 Å². The summed E-state index contributed by atoms with van der Waals surface area (Å²) in [5.74, 6) is -0.739. The van der Waals surface area contributed by atoms with E-state index in [1.807, 2.05) is 6.92 Å². The van der Waals surface area contributed by atoms with Crippen molar-refractivity contribution in [3.63, 3.8) is 0 Å². The van der Waals surface area contributed by atoms with Crippen molar-refractivity contribution in [2.24, 2.45) is 0 Å². The van der Waals surface area contributed by atoms with Gasteiger partial charge in [0.1, 0.15) is 6.04 Å². The molecule has 0 spiro atoms. The van der Waals surface area contributed by atoms with Crippen molar-refractivity contribution in [1.29, 1.82) is 0 Å². The first-order chi connectivity index (χ1) is 7.15. The minimum atomic E-state index is -0.739. The summed E-state index contributed by atoms with van der Waals surface area (Å²) < 4.78 is 0. The van der Waals surface area contributed by atoms with Crippen LogP contribution in [0.3, 0.4) is 0 Å². The highest BCUT2D eigenvalue weighted by atomic mass is 16.4. The predicted octanol–water partition coefficient (Wildman–Crippen LogP) is 1.17. The lowest BCUT2D eigenvalue weighted by Gasteiger charge is -2.20. The molecule has 0 saturated heterocycles. The average molecular weight is 216 g/mol. The molecule has 0 aliphatic carbocycles. The summed E-state index contributed by atoms with van der Waals surface area (Å²) in [5, 5.41) is 12.0. The number of carboxylic acid groups (broad SMARTS) is 1. The van der Waals surface area contributed by atoms with E-state index in [4.69, 9.17) is 5.11 Å². The number of nitrogens with one attached hydrogen (secondary N) is 1. The molecule has 0 fully saturated rings. The molecule has 1 unspecified atom stereocenters. The van der Waals surface area contributed by atoms with Gasteiger partial charge in [-0.05, 0) is 19.5 Å². The first-order valence-corrected chi connectivity index (χ1v) is 5.84. The van der Waals surface area contributed by atoms with Crippen molar-refractivity contribution in [3.05, 3.63) is 0 Å². The first-order valence-electron chi connectivity index (χ1n) is 5.84. The lowest BCUT2D eigenvalue weighted by Crippen LogP contribution is -2.41. The summed E-state index contributed by atoms with van der Waals surface area (Å²) in [7, 11) is 0. The third-order valence-electron chi connectivity index (χ3n) is 2.59. The zero-order chi connectivity index (χ0) is 11.7. The number of nitrogens with zero attached hydrogens (tertiary/aromatic N) is 1. The van der Waals surface area contributed by atoms with Gasteiger partial charge in [-0.3, -0.25) is 4.79 Å². The largest absolute Gasteiger partial charge is 0.480 e. The van der Waals surface area contributed by atoms with Crippen LogP contribution in [-0.2, 0) is 4.79 Å². The van der Waals surface area contributed by atoms with Gasteiger partial charge < -0.3 is 15.3 Å². The number of rotatable bonds is 9. The highest BCUT2D eigenvalue weighted by Crippen LogP contribution is 1.96. The zero-order valence-corrected chi connectivity index (χ0v) is 10.1. The smallest absolute Gasteiger partial charge is 0.320 e. The Balaban J connectivity index is 3.74. The van der Waals surface area contributed by atoms with E-state index in [1.165, 1.54) is 0 Å². The van der Waals surface area contributed by atoms with Gasteiger partial charge >= 0.3 is 5.97 Å². The molecular weight excluding hydrogens is 192 g/mol. The van der Waals surface area contributed by atoms with Crippen molar-refractivity contribution >= 4 is 5.97 Å². The highest BCUT2D eigenvalue weighted by Gasteiger charge is 2.14. The van der Waals surface area contributed by atoms with Gasteiger partial charge in [-0.2, -0.15) is 0 Å². The third-order valence-corrected chi connectivity index (χ3v) is 2.59. The predicted molar refractivity (Wildman–Crippen MR) is 62.1 cm³/mol. The molecule has 0 heterocycles. The Labute approximate surface area is 92.7 Å². The molecule has 0 aliphatic heterocycles. The minimum Gasteiger partial charge on any atom is -0.480 e. The van der Waals surface area contributed by atoms with E-state index >= 15 is 0 Å². The maximum absolute atomic E-state index is 10.8. The molecule has 0 radical (unpaired) electrons. The van der Waals surface area contributed by atoms with Crippen LogP contribution in [0, 0.1) is 0 Å². The molecule has 1 atom stereocenters. The number of carboxylic acids is 1. The van der Waals surface area contributed by atoms with Gasteiger partial charge in [0, 0.05) is 13.1 Å². The second-order valence-corrected chi connectivity index (χ2v) is 3.66. The van der Waals surface area contributed by atoms with Crippen LogP contribution >= 0.6 is 0 Å². The van der Waals surface area contributed by atoms with E-state index in [9.17, 15) is 4.79 Å². The Morgan fingerprint density at radius 2 is 1.93 bits per heavy atom. The Hall–Kier alpha value is -0.610. The fraction of sp³-hybridized carbons (Fsp3) is 0.909. The maximum atomic E-state index is 10.8. The van der Waals surface area contributed by atoms with Gasteiger partial charge in [-0.25, -0.2) is 0 Å². The van der Waals surface area contributed by atoms with E-state index in [0.29, 0.717) is 6.42 Å². The van der Waals surface area contributed by atoms with Crippen LogP contribution < -0.4 is 5.32 Å². The van der Waals surface area contributed by atoms with Crippen LogP contribution in [0.5, 0.6) is 0 Å².